The summed E-state index contributed by atoms with van der Waals surface area (Å²) in [5, 5.41) is 0. The first kappa shape index (κ1) is 13.2. The van der Waals surface area contributed by atoms with E-state index < -0.39 is 22.2 Å². The van der Waals surface area contributed by atoms with E-state index in [2.05, 4.69) is 4.74 Å². The van der Waals surface area contributed by atoms with Gasteiger partial charge in [-0.05, 0) is 24.8 Å². The third-order valence-corrected chi connectivity index (χ3v) is 2.97. The van der Waals surface area contributed by atoms with Crippen LogP contribution in [-0.4, -0.2) is 33.9 Å². The van der Waals surface area contributed by atoms with E-state index in [1.807, 2.05) is 0 Å². The van der Waals surface area contributed by atoms with Gasteiger partial charge in [0.2, 0.25) is 0 Å². The number of methoxy groups -OCH3 is 1. The molecule has 1 saturated carbocycles. The zero-order chi connectivity index (χ0) is 12.2. The predicted octanol–water partition coefficient (Wildman–Crippen LogP) is 1.00. The number of esters is 1. The lowest BCUT2D eigenvalue weighted by atomic mass is 9.92. The van der Waals surface area contributed by atoms with Gasteiger partial charge in [0.15, 0.2) is 0 Å². The van der Waals surface area contributed by atoms with Crippen LogP contribution in [0.25, 0.3) is 0 Å². The number of ether oxygens (including phenoxy) is 1. The predicted molar refractivity (Wildman–Crippen MR) is 58.3 cm³/mol. The molecular formula is C10H16O5S. The number of hydrogen-bond acceptors (Lipinski definition) is 5. The molecule has 0 aromatic carbocycles. The summed E-state index contributed by atoms with van der Waals surface area (Å²) in [4.78, 5) is 11.1. The molecule has 16 heavy (non-hydrogen) atoms. The van der Waals surface area contributed by atoms with Crippen LogP contribution in [0.5, 0.6) is 0 Å². The fourth-order valence-electron chi connectivity index (χ4n) is 1.70. The molecule has 0 aromatic heterocycles. The van der Waals surface area contributed by atoms with Gasteiger partial charge in [0.1, 0.15) is 0 Å². The molecule has 92 valence electrons. The van der Waals surface area contributed by atoms with Gasteiger partial charge in [-0.2, -0.15) is 8.42 Å². The molecule has 0 N–H and O–H groups in total. The van der Waals surface area contributed by atoms with Crippen molar-refractivity contribution in [1.29, 1.82) is 0 Å². The Morgan fingerprint density at radius 1 is 1.44 bits per heavy atom. The maximum atomic E-state index is 11.1. The van der Waals surface area contributed by atoms with E-state index >= 15 is 0 Å². The standard InChI is InChI=1S/C10H16O5S/c1-14-10(11)7-8-5-3-4-6-9(8)15-16(2,12)13/h7,9H,3-6H2,1-2H3/b8-7+. The van der Waals surface area contributed by atoms with Crippen LogP contribution >= 0.6 is 0 Å². The summed E-state index contributed by atoms with van der Waals surface area (Å²) in [6.07, 6.45) is 4.96. The molecule has 1 aliphatic carbocycles. The lowest BCUT2D eigenvalue weighted by Crippen LogP contribution is -2.23. The molecule has 1 atom stereocenters. The molecular weight excluding hydrogens is 232 g/mol. The van der Waals surface area contributed by atoms with Gasteiger partial charge in [-0.15, -0.1) is 0 Å². The van der Waals surface area contributed by atoms with E-state index in [4.69, 9.17) is 4.18 Å². The van der Waals surface area contributed by atoms with E-state index in [1.165, 1.54) is 13.2 Å². The Bertz CT molecular complexity index is 382. The first-order chi connectivity index (χ1) is 7.42. The highest BCUT2D eigenvalue weighted by Gasteiger charge is 2.24. The Morgan fingerprint density at radius 2 is 2.12 bits per heavy atom. The highest BCUT2D eigenvalue weighted by Crippen LogP contribution is 2.27. The zero-order valence-electron chi connectivity index (χ0n) is 9.43. The number of rotatable bonds is 3. The minimum Gasteiger partial charge on any atom is -0.466 e. The molecule has 0 heterocycles. The minimum absolute atomic E-state index is 0.473. The molecule has 0 amide bonds. The second kappa shape index (κ2) is 5.45. The van der Waals surface area contributed by atoms with Gasteiger partial charge in [0.25, 0.3) is 10.1 Å². The zero-order valence-corrected chi connectivity index (χ0v) is 10.2. The Kier molecular flexibility index (Phi) is 4.49. The van der Waals surface area contributed by atoms with Crippen molar-refractivity contribution in [3.63, 3.8) is 0 Å². The first-order valence-corrected chi connectivity index (χ1v) is 6.90. The molecule has 0 saturated heterocycles. The van der Waals surface area contributed by atoms with Crippen molar-refractivity contribution >= 4 is 16.1 Å². The summed E-state index contributed by atoms with van der Waals surface area (Å²) < 4.78 is 31.5. The summed E-state index contributed by atoms with van der Waals surface area (Å²) >= 11 is 0. The average molecular weight is 248 g/mol. The molecule has 5 nitrogen and oxygen atoms in total. The molecule has 0 radical (unpaired) electrons. The van der Waals surface area contributed by atoms with Gasteiger partial charge in [0.05, 0.1) is 19.5 Å². The van der Waals surface area contributed by atoms with Crippen LogP contribution in [-0.2, 0) is 23.8 Å². The third kappa shape index (κ3) is 4.32. The van der Waals surface area contributed by atoms with Gasteiger partial charge in [-0.25, -0.2) is 4.79 Å². The first-order valence-electron chi connectivity index (χ1n) is 5.09. The van der Waals surface area contributed by atoms with Gasteiger partial charge in [0, 0.05) is 6.08 Å². The van der Waals surface area contributed by atoms with Crippen LogP contribution in [0.15, 0.2) is 11.6 Å². The van der Waals surface area contributed by atoms with Crippen molar-refractivity contribution in [3.8, 4) is 0 Å². The Labute approximate surface area is 95.6 Å². The van der Waals surface area contributed by atoms with Gasteiger partial charge < -0.3 is 4.74 Å². The van der Waals surface area contributed by atoms with Crippen molar-refractivity contribution in [3.05, 3.63) is 11.6 Å². The maximum Gasteiger partial charge on any atom is 0.330 e. The van der Waals surface area contributed by atoms with E-state index in [9.17, 15) is 13.2 Å². The molecule has 0 aliphatic heterocycles. The van der Waals surface area contributed by atoms with Gasteiger partial charge in [-0.3, -0.25) is 4.18 Å². The largest absolute Gasteiger partial charge is 0.466 e. The summed E-state index contributed by atoms with van der Waals surface area (Å²) in [6, 6.07) is 0. The monoisotopic (exact) mass is 248 g/mol. The molecule has 1 unspecified atom stereocenters. The van der Waals surface area contributed by atoms with Crippen LogP contribution in [0.2, 0.25) is 0 Å². The highest BCUT2D eigenvalue weighted by atomic mass is 32.2. The third-order valence-electron chi connectivity index (χ3n) is 2.39. The van der Waals surface area contributed by atoms with E-state index in [0.717, 1.165) is 19.1 Å². The van der Waals surface area contributed by atoms with Crippen LogP contribution in [0.4, 0.5) is 0 Å². The lowest BCUT2D eigenvalue weighted by molar-refractivity contribution is -0.135. The molecule has 0 spiro atoms. The lowest BCUT2D eigenvalue weighted by Gasteiger charge is -2.23. The minimum atomic E-state index is -3.49. The van der Waals surface area contributed by atoms with Crippen molar-refractivity contribution in [2.75, 3.05) is 13.4 Å². The van der Waals surface area contributed by atoms with Crippen molar-refractivity contribution in [2.24, 2.45) is 0 Å². The van der Waals surface area contributed by atoms with E-state index in [-0.39, 0.29) is 0 Å². The maximum absolute atomic E-state index is 11.1. The number of carbonyl (C=O) groups is 1. The Hall–Kier alpha value is -0.880. The summed E-state index contributed by atoms with van der Waals surface area (Å²) in [6.45, 7) is 0. The summed E-state index contributed by atoms with van der Waals surface area (Å²) in [5.41, 5.74) is 0.698. The average Bonchev–Trinajstić information content (AvgIpc) is 2.18. The molecule has 6 heteroatoms. The normalized spacial score (nSPS) is 24.4. The van der Waals surface area contributed by atoms with E-state index in [0.29, 0.717) is 18.4 Å². The SMILES string of the molecule is COC(=O)/C=C1\CCCCC1OS(C)(=O)=O. The molecule has 1 fully saturated rings. The molecule has 0 aromatic rings. The fourth-order valence-corrected chi connectivity index (χ4v) is 2.34. The smallest absolute Gasteiger partial charge is 0.330 e. The van der Waals surface area contributed by atoms with Crippen LogP contribution in [0.3, 0.4) is 0 Å². The molecule has 1 aliphatic rings. The second-order valence-electron chi connectivity index (χ2n) is 3.78. The number of hydrogen-bond donors (Lipinski definition) is 0. The fraction of sp³-hybridized carbons (Fsp3) is 0.700. The number of carbonyl (C=O) groups excluding carboxylic acids is 1. The Balaban J connectivity index is 2.79. The topological polar surface area (TPSA) is 69.7 Å². The van der Waals surface area contributed by atoms with Gasteiger partial charge in [-0.1, -0.05) is 6.42 Å². The quantitative estimate of drug-likeness (QED) is 0.423. The summed E-state index contributed by atoms with van der Waals surface area (Å²) in [7, 11) is -2.21. The van der Waals surface area contributed by atoms with Crippen molar-refractivity contribution < 1.29 is 22.1 Å². The second-order valence-corrected chi connectivity index (χ2v) is 5.38. The van der Waals surface area contributed by atoms with Gasteiger partial charge >= 0.3 is 5.97 Å². The van der Waals surface area contributed by atoms with Crippen LogP contribution in [0.1, 0.15) is 25.7 Å². The van der Waals surface area contributed by atoms with Crippen LogP contribution < -0.4 is 0 Å². The van der Waals surface area contributed by atoms with Crippen molar-refractivity contribution in [2.45, 2.75) is 31.8 Å². The highest BCUT2D eigenvalue weighted by molar-refractivity contribution is 7.86. The van der Waals surface area contributed by atoms with Crippen LogP contribution in [0, 0.1) is 0 Å². The Morgan fingerprint density at radius 3 is 2.69 bits per heavy atom. The van der Waals surface area contributed by atoms with Crippen molar-refractivity contribution in [1.82, 2.24) is 0 Å². The van der Waals surface area contributed by atoms with E-state index in [1.54, 1.807) is 0 Å². The molecule has 0 bridgehead atoms. The summed E-state index contributed by atoms with van der Waals surface area (Å²) in [5.74, 6) is -0.473. The molecule has 1 rings (SSSR count).